The predicted molar refractivity (Wildman–Crippen MR) is 74.9 cm³/mol. The van der Waals surface area contributed by atoms with Gasteiger partial charge in [-0.2, -0.15) is 23.5 Å². The van der Waals surface area contributed by atoms with Crippen molar-refractivity contribution in [1.82, 2.24) is 9.78 Å². The van der Waals surface area contributed by atoms with E-state index in [1.165, 1.54) is 16.9 Å². The Morgan fingerprint density at radius 3 is 2.82 bits per heavy atom. The maximum atomic E-state index is 12.9. The Kier molecular flexibility index (Phi) is 3.17. The lowest BCUT2D eigenvalue weighted by molar-refractivity contribution is -0.137. The minimum atomic E-state index is -4.40. The molecule has 7 heteroatoms. The van der Waals surface area contributed by atoms with Gasteiger partial charge < -0.3 is 5.32 Å². The zero-order chi connectivity index (χ0) is 15.9. The molecule has 22 heavy (non-hydrogen) atoms. The minimum Gasteiger partial charge on any atom is -0.365 e. The van der Waals surface area contributed by atoms with Gasteiger partial charge in [-0.25, -0.2) is 4.68 Å². The van der Waals surface area contributed by atoms with E-state index in [9.17, 15) is 13.2 Å². The van der Waals surface area contributed by atoms with Gasteiger partial charge in [-0.3, -0.25) is 0 Å². The number of alkyl halides is 3. The molecule has 0 spiro atoms. The molecule has 1 aromatic heterocycles. The average molecular weight is 304 g/mol. The van der Waals surface area contributed by atoms with Gasteiger partial charge in [0.05, 0.1) is 17.5 Å². The highest BCUT2D eigenvalue weighted by molar-refractivity contribution is 5.76. The van der Waals surface area contributed by atoms with Crippen LogP contribution >= 0.6 is 0 Å². The number of fused-ring (bicyclic) bond motifs is 1. The van der Waals surface area contributed by atoms with Crippen LogP contribution in [-0.2, 0) is 6.18 Å². The molecule has 0 saturated heterocycles. The van der Waals surface area contributed by atoms with Gasteiger partial charge in [-0.05, 0) is 24.6 Å². The molecule has 0 fully saturated rings. The number of aromatic nitrogens is 2. The molecule has 0 atom stereocenters. The highest BCUT2D eigenvalue weighted by atomic mass is 19.4. The van der Waals surface area contributed by atoms with Crippen LogP contribution in [0.1, 0.15) is 23.6 Å². The third kappa shape index (κ3) is 2.22. The third-order valence-electron chi connectivity index (χ3n) is 3.49. The fraction of sp³-hybridized carbons (Fsp3) is 0.200. The van der Waals surface area contributed by atoms with Crippen molar-refractivity contribution in [3.8, 4) is 6.07 Å². The Morgan fingerprint density at radius 2 is 2.14 bits per heavy atom. The maximum absolute atomic E-state index is 12.9. The number of hydrogen-bond acceptors (Lipinski definition) is 3. The van der Waals surface area contributed by atoms with Crippen LogP contribution in [0.15, 0.2) is 36.0 Å². The van der Waals surface area contributed by atoms with E-state index in [1.54, 1.807) is 6.07 Å². The summed E-state index contributed by atoms with van der Waals surface area (Å²) in [7, 11) is 0. The van der Waals surface area contributed by atoms with E-state index in [2.05, 4.69) is 10.4 Å². The summed E-state index contributed by atoms with van der Waals surface area (Å²) in [5.41, 5.74) is 1.48. The van der Waals surface area contributed by atoms with Crippen molar-refractivity contribution in [2.75, 3.05) is 11.9 Å². The van der Waals surface area contributed by atoms with Crippen LogP contribution in [-0.4, -0.2) is 16.3 Å². The van der Waals surface area contributed by atoms with Crippen molar-refractivity contribution in [2.45, 2.75) is 13.1 Å². The fourth-order valence-corrected chi connectivity index (χ4v) is 2.46. The van der Waals surface area contributed by atoms with E-state index in [1.807, 2.05) is 13.0 Å². The number of nitrogens with one attached hydrogen (secondary N) is 1. The molecule has 0 unspecified atom stereocenters. The molecule has 0 bridgehead atoms. The maximum Gasteiger partial charge on any atom is 0.416 e. The van der Waals surface area contributed by atoms with Gasteiger partial charge in [0.25, 0.3) is 0 Å². The number of nitriles is 1. The van der Waals surface area contributed by atoms with Gasteiger partial charge in [0.15, 0.2) is 0 Å². The molecule has 1 aliphatic rings. The van der Waals surface area contributed by atoms with Gasteiger partial charge in [-0.1, -0.05) is 12.1 Å². The van der Waals surface area contributed by atoms with Crippen LogP contribution in [0.25, 0.3) is 5.70 Å². The number of anilines is 1. The molecule has 3 rings (SSSR count). The summed E-state index contributed by atoms with van der Waals surface area (Å²) in [6.45, 7) is 2.27. The topological polar surface area (TPSA) is 53.6 Å². The van der Waals surface area contributed by atoms with Crippen molar-refractivity contribution in [1.29, 1.82) is 5.26 Å². The lowest BCUT2D eigenvalue weighted by Crippen LogP contribution is -2.19. The van der Waals surface area contributed by atoms with E-state index >= 15 is 0 Å². The summed E-state index contributed by atoms with van der Waals surface area (Å²) in [5.74, 6) is 0.500. The van der Waals surface area contributed by atoms with E-state index in [4.69, 9.17) is 5.26 Å². The normalized spacial score (nSPS) is 14.3. The number of halogens is 3. The largest absolute Gasteiger partial charge is 0.416 e. The van der Waals surface area contributed by atoms with Crippen molar-refractivity contribution in [3.63, 3.8) is 0 Å². The summed E-state index contributed by atoms with van der Waals surface area (Å²) in [5, 5.41) is 16.2. The molecule has 0 amide bonds. The first-order chi connectivity index (χ1) is 10.4. The van der Waals surface area contributed by atoms with Crippen LogP contribution in [0, 0.1) is 11.3 Å². The monoisotopic (exact) mass is 304 g/mol. The zero-order valence-electron chi connectivity index (χ0n) is 11.6. The smallest absolute Gasteiger partial charge is 0.365 e. The van der Waals surface area contributed by atoms with Crippen molar-refractivity contribution < 1.29 is 13.2 Å². The Labute approximate surface area is 124 Å². The average Bonchev–Trinajstić information content (AvgIpc) is 2.89. The van der Waals surface area contributed by atoms with E-state index in [-0.39, 0.29) is 0 Å². The van der Waals surface area contributed by atoms with Gasteiger partial charge in [-0.15, -0.1) is 0 Å². The predicted octanol–water partition coefficient (Wildman–Crippen LogP) is 3.48. The van der Waals surface area contributed by atoms with Gasteiger partial charge >= 0.3 is 6.18 Å². The van der Waals surface area contributed by atoms with Crippen LogP contribution in [0.4, 0.5) is 19.0 Å². The molecule has 1 N–H and O–H groups in total. The molecule has 2 aromatic rings. The quantitative estimate of drug-likeness (QED) is 0.877. The molecule has 0 saturated carbocycles. The summed E-state index contributed by atoms with van der Waals surface area (Å²) < 4.78 is 40.2. The van der Waals surface area contributed by atoms with Gasteiger partial charge in [0.2, 0.25) is 0 Å². The third-order valence-corrected chi connectivity index (χ3v) is 3.49. The molecule has 0 aliphatic carbocycles. The number of benzene rings is 1. The molecular formula is C15H11F3N4. The van der Waals surface area contributed by atoms with Gasteiger partial charge in [0, 0.05) is 12.1 Å². The number of rotatable bonds is 1. The second-order valence-electron chi connectivity index (χ2n) is 4.99. The van der Waals surface area contributed by atoms with Crippen LogP contribution in [0.3, 0.4) is 0 Å². The molecule has 1 aliphatic heterocycles. The first-order valence-electron chi connectivity index (χ1n) is 6.51. The van der Waals surface area contributed by atoms with Gasteiger partial charge in [0.1, 0.15) is 17.5 Å². The van der Waals surface area contributed by atoms with Crippen molar-refractivity contribution >= 4 is 11.5 Å². The van der Waals surface area contributed by atoms with E-state index in [0.29, 0.717) is 29.2 Å². The number of nitrogens with zero attached hydrogens (tertiary/aromatic N) is 3. The van der Waals surface area contributed by atoms with Crippen molar-refractivity contribution in [3.05, 3.63) is 52.7 Å². The first kappa shape index (κ1) is 14.2. The highest BCUT2D eigenvalue weighted by Gasteiger charge is 2.31. The Hall–Kier alpha value is -2.75. The standard InChI is InChI=1S/C15H11F3N4/c1-9-7-20-14-11(6-19)8-21-22(14)13(9)10-3-2-4-12(5-10)15(16,17)18/h2-5,8,20H,7H2,1H3. The fourth-order valence-electron chi connectivity index (χ4n) is 2.46. The minimum absolute atomic E-state index is 0.358. The SMILES string of the molecule is CC1=C(c2cccc(C(F)(F)F)c2)n2ncc(C#N)c2NC1. The molecule has 2 heterocycles. The molecule has 4 nitrogen and oxygen atoms in total. The van der Waals surface area contributed by atoms with Crippen molar-refractivity contribution in [2.24, 2.45) is 0 Å². The van der Waals surface area contributed by atoms with Crippen LogP contribution in [0.5, 0.6) is 0 Å². The van der Waals surface area contributed by atoms with Crippen LogP contribution < -0.4 is 5.32 Å². The second-order valence-corrected chi connectivity index (χ2v) is 4.99. The lowest BCUT2D eigenvalue weighted by atomic mass is 10.0. The molecule has 0 radical (unpaired) electrons. The molecule has 1 aromatic carbocycles. The summed E-state index contributed by atoms with van der Waals surface area (Å²) in [6, 6.07) is 7.12. The Bertz CT molecular complexity index is 809. The summed E-state index contributed by atoms with van der Waals surface area (Å²) in [4.78, 5) is 0. The lowest BCUT2D eigenvalue weighted by Gasteiger charge is -2.22. The summed E-state index contributed by atoms with van der Waals surface area (Å²) in [6.07, 6.45) is -3.00. The first-order valence-corrected chi connectivity index (χ1v) is 6.51. The van der Waals surface area contributed by atoms with Crippen LogP contribution in [0.2, 0.25) is 0 Å². The highest BCUT2D eigenvalue weighted by Crippen LogP contribution is 2.34. The Morgan fingerprint density at radius 1 is 1.36 bits per heavy atom. The Balaban J connectivity index is 2.16. The zero-order valence-corrected chi connectivity index (χ0v) is 11.6. The summed E-state index contributed by atoms with van der Waals surface area (Å²) >= 11 is 0. The van der Waals surface area contributed by atoms with E-state index < -0.39 is 11.7 Å². The van der Waals surface area contributed by atoms with E-state index in [0.717, 1.165) is 17.7 Å². The molecule has 112 valence electrons. The molecular weight excluding hydrogens is 293 g/mol. The number of hydrogen-bond donors (Lipinski definition) is 1. The second kappa shape index (κ2) is 4.91.